The van der Waals surface area contributed by atoms with Gasteiger partial charge in [0.1, 0.15) is 5.60 Å². The van der Waals surface area contributed by atoms with E-state index in [1.807, 2.05) is 26.8 Å². The number of nitrogens with zero attached hydrogens (tertiary/aromatic N) is 3. The molecule has 1 amide bonds. The number of hydrogen-bond acceptors (Lipinski definition) is 5. The molecule has 2 fully saturated rings. The van der Waals surface area contributed by atoms with E-state index in [0.717, 1.165) is 25.9 Å². The Balaban J connectivity index is 1.57. The summed E-state index contributed by atoms with van der Waals surface area (Å²) >= 11 is 0. The highest BCUT2D eigenvalue weighted by molar-refractivity contribution is 5.92. The molecule has 2 saturated heterocycles. The average molecular weight is 347 g/mol. The maximum absolute atomic E-state index is 12.1. The van der Waals surface area contributed by atoms with Gasteiger partial charge >= 0.3 is 12.1 Å². The van der Waals surface area contributed by atoms with E-state index in [9.17, 15) is 14.7 Å². The summed E-state index contributed by atoms with van der Waals surface area (Å²) in [6.07, 6.45) is 3.12. The maximum atomic E-state index is 12.1. The zero-order chi connectivity index (χ0) is 18.2. The van der Waals surface area contributed by atoms with Crippen LogP contribution >= 0.6 is 0 Å². The summed E-state index contributed by atoms with van der Waals surface area (Å²) in [4.78, 5) is 31.3. The molecule has 0 radical (unpaired) electrons. The lowest BCUT2D eigenvalue weighted by molar-refractivity contribution is -0.0434. The number of amides is 1. The Labute approximate surface area is 147 Å². The number of aromatic carboxylic acids is 1. The maximum Gasteiger partial charge on any atom is 0.410 e. The molecule has 136 valence electrons. The molecule has 3 rings (SSSR count). The predicted molar refractivity (Wildman–Crippen MR) is 92.9 cm³/mol. The van der Waals surface area contributed by atoms with Crippen LogP contribution in [0.2, 0.25) is 0 Å². The number of ether oxygens (including phenoxy) is 1. The van der Waals surface area contributed by atoms with Gasteiger partial charge in [0.15, 0.2) is 5.69 Å². The predicted octanol–water partition coefficient (Wildman–Crippen LogP) is 2.62. The molecule has 1 aromatic heterocycles. The zero-order valence-corrected chi connectivity index (χ0v) is 15.0. The van der Waals surface area contributed by atoms with Crippen LogP contribution in [0, 0.1) is 5.41 Å². The monoisotopic (exact) mass is 347 g/mol. The van der Waals surface area contributed by atoms with Gasteiger partial charge < -0.3 is 19.6 Å². The van der Waals surface area contributed by atoms with Gasteiger partial charge in [0.2, 0.25) is 0 Å². The molecule has 0 unspecified atom stereocenters. The van der Waals surface area contributed by atoms with E-state index >= 15 is 0 Å². The Morgan fingerprint density at radius 3 is 2.44 bits per heavy atom. The third kappa shape index (κ3) is 3.70. The van der Waals surface area contributed by atoms with Gasteiger partial charge in [-0.1, -0.05) is 0 Å². The summed E-state index contributed by atoms with van der Waals surface area (Å²) in [5.74, 6) is -1.00. The number of anilines is 1. The van der Waals surface area contributed by atoms with Crippen LogP contribution in [0.25, 0.3) is 0 Å². The number of carbonyl (C=O) groups excluding carboxylic acids is 1. The minimum Gasteiger partial charge on any atom is -0.476 e. The molecular weight excluding hydrogens is 322 g/mol. The quantitative estimate of drug-likeness (QED) is 0.885. The molecule has 0 aliphatic carbocycles. The smallest absolute Gasteiger partial charge is 0.410 e. The first-order valence-corrected chi connectivity index (χ1v) is 8.60. The summed E-state index contributed by atoms with van der Waals surface area (Å²) in [6, 6.07) is 3.57. The molecule has 7 nitrogen and oxygen atoms in total. The fourth-order valence-electron chi connectivity index (χ4n) is 3.57. The van der Waals surface area contributed by atoms with Gasteiger partial charge in [-0.15, -0.1) is 0 Å². The number of rotatable bonds is 2. The number of carbonyl (C=O) groups is 2. The molecular formula is C18H25N3O4. The molecule has 0 bridgehead atoms. The van der Waals surface area contributed by atoms with Crippen LogP contribution in [0.15, 0.2) is 18.3 Å². The highest BCUT2D eigenvalue weighted by Crippen LogP contribution is 2.42. The van der Waals surface area contributed by atoms with E-state index in [0.29, 0.717) is 18.8 Å². The summed E-state index contributed by atoms with van der Waals surface area (Å²) < 4.78 is 5.41. The van der Waals surface area contributed by atoms with Crippen LogP contribution in [0.5, 0.6) is 0 Å². The van der Waals surface area contributed by atoms with Gasteiger partial charge in [0.05, 0.1) is 5.69 Å². The first-order valence-electron chi connectivity index (χ1n) is 8.60. The number of carboxylic acid groups (broad SMARTS) is 1. The Morgan fingerprint density at radius 1 is 1.24 bits per heavy atom. The van der Waals surface area contributed by atoms with E-state index in [2.05, 4.69) is 9.88 Å². The largest absolute Gasteiger partial charge is 0.476 e. The van der Waals surface area contributed by atoms with Gasteiger partial charge in [-0.3, -0.25) is 0 Å². The summed E-state index contributed by atoms with van der Waals surface area (Å²) in [7, 11) is 0. The minimum atomic E-state index is -1.00. The highest BCUT2D eigenvalue weighted by atomic mass is 16.6. The van der Waals surface area contributed by atoms with Gasteiger partial charge in [0, 0.05) is 37.8 Å². The second-order valence-corrected chi connectivity index (χ2v) is 8.00. The molecule has 1 aromatic rings. The Morgan fingerprint density at radius 2 is 1.88 bits per heavy atom. The van der Waals surface area contributed by atoms with Crippen molar-refractivity contribution >= 4 is 17.7 Å². The van der Waals surface area contributed by atoms with Crippen molar-refractivity contribution in [2.24, 2.45) is 5.41 Å². The second-order valence-electron chi connectivity index (χ2n) is 8.00. The Hall–Kier alpha value is -2.31. The molecule has 0 atom stereocenters. The minimum absolute atomic E-state index is 0.0995. The van der Waals surface area contributed by atoms with E-state index in [4.69, 9.17) is 4.74 Å². The molecule has 0 saturated carbocycles. The van der Waals surface area contributed by atoms with E-state index in [1.165, 1.54) is 6.20 Å². The number of hydrogen-bond donors (Lipinski definition) is 1. The summed E-state index contributed by atoms with van der Waals surface area (Å²) in [5.41, 5.74) is 0.436. The van der Waals surface area contributed by atoms with Gasteiger partial charge in [0.25, 0.3) is 0 Å². The van der Waals surface area contributed by atoms with Crippen molar-refractivity contribution in [2.75, 3.05) is 31.1 Å². The SMILES string of the molecule is CC(C)(C)OC(=O)N1CC2(CCN(c3cccnc3C(=O)O)CC2)C1. The summed E-state index contributed by atoms with van der Waals surface area (Å²) in [5, 5.41) is 9.30. The topological polar surface area (TPSA) is 83.0 Å². The normalized spacial score (nSPS) is 19.5. The van der Waals surface area contributed by atoms with Crippen molar-refractivity contribution in [2.45, 2.75) is 39.2 Å². The standard InChI is InChI=1S/C18H25N3O4/c1-17(2,3)25-16(24)21-11-18(12-21)6-9-20(10-7-18)13-5-4-8-19-14(13)15(22)23/h4-5,8H,6-7,9-12H2,1-3H3,(H,22,23). The molecule has 2 aliphatic rings. The fraction of sp³-hybridized carbons (Fsp3) is 0.611. The first kappa shape index (κ1) is 17.5. The lowest BCUT2D eigenvalue weighted by Gasteiger charge is -2.54. The lowest BCUT2D eigenvalue weighted by Crippen LogP contribution is -2.62. The van der Waals surface area contributed by atoms with Crippen molar-refractivity contribution in [3.05, 3.63) is 24.0 Å². The van der Waals surface area contributed by atoms with Crippen molar-refractivity contribution in [1.82, 2.24) is 9.88 Å². The van der Waals surface area contributed by atoms with E-state index in [1.54, 1.807) is 11.0 Å². The second kappa shape index (κ2) is 6.20. The summed E-state index contributed by atoms with van der Waals surface area (Å²) in [6.45, 7) is 8.58. The number of aromatic nitrogens is 1. The molecule has 25 heavy (non-hydrogen) atoms. The molecule has 1 spiro atoms. The van der Waals surface area contributed by atoms with Crippen molar-refractivity contribution in [3.8, 4) is 0 Å². The van der Waals surface area contributed by atoms with Gasteiger partial charge in [-0.05, 0) is 45.7 Å². The van der Waals surface area contributed by atoms with E-state index < -0.39 is 11.6 Å². The Kier molecular flexibility index (Phi) is 4.34. The number of likely N-dealkylation sites (tertiary alicyclic amines) is 1. The number of pyridine rings is 1. The molecule has 2 aliphatic heterocycles. The van der Waals surface area contributed by atoms with Gasteiger partial charge in [-0.25, -0.2) is 14.6 Å². The molecule has 3 heterocycles. The Bertz CT molecular complexity index is 667. The fourth-order valence-corrected chi connectivity index (χ4v) is 3.57. The van der Waals surface area contributed by atoms with Crippen molar-refractivity contribution < 1.29 is 19.4 Å². The van der Waals surface area contributed by atoms with Crippen LogP contribution in [0.4, 0.5) is 10.5 Å². The van der Waals surface area contributed by atoms with E-state index in [-0.39, 0.29) is 17.2 Å². The van der Waals surface area contributed by atoms with Crippen LogP contribution < -0.4 is 4.90 Å². The van der Waals surface area contributed by atoms with Crippen LogP contribution in [0.3, 0.4) is 0 Å². The number of piperidine rings is 1. The van der Waals surface area contributed by atoms with Crippen LogP contribution in [-0.4, -0.2) is 58.8 Å². The third-order valence-corrected chi connectivity index (χ3v) is 4.86. The first-order chi connectivity index (χ1) is 11.7. The number of carboxylic acids is 1. The highest BCUT2D eigenvalue weighted by Gasteiger charge is 2.48. The van der Waals surface area contributed by atoms with Gasteiger partial charge in [-0.2, -0.15) is 0 Å². The molecule has 1 N–H and O–H groups in total. The van der Waals surface area contributed by atoms with Crippen LogP contribution in [-0.2, 0) is 4.74 Å². The average Bonchev–Trinajstić information content (AvgIpc) is 2.51. The van der Waals surface area contributed by atoms with Crippen LogP contribution in [0.1, 0.15) is 44.1 Å². The molecule has 7 heteroatoms. The lowest BCUT2D eigenvalue weighted by atomic mass is 9.72. The van der Waals surface area contributed by atoms with Crippen molar-refractivity contribution in [3.63, 3.8) is 0 Å². The van der Waals surface area contributed by atoms with Crippen molar-refractivity contribution in [1.29, 1.82) is 0 Å². The third-order valence-electron chi connectivity index (χ3n) is 4.86. The molecule has 0 aromatic carbocycles. The zero-order valence-electron chi connectivity index (χ0n) is 15.0.